The largest absolute Gasteiger partial charge is 0.481 e. The zero-order valence-corrected chi connectivity index (χ0v) is 41.5. The minimum absolute atomic E-state index is 0.0617. The van der Waals surface area contributed by atoms with Crippen molar-refractivity contribution in [3.63, 3.8) is 0 Å². The molecule has 0 bridgehead atoms. The van der Waals surface area contributed by atoms with Gasteiger partial charge in [0.05, 0.1) is 30.1 Å². The van der Waals surface area contributed by atoms with E-state index >= 15 is 0 Å². The van der Waals surface area contributed by atoms with Gasteiger partial charge in [-0.05, 0) is 111 Å². The molecule has 0 radical (unpaired) electrons. The van der Waals surface area contributed by atoms with Crippen LogP contribution in [0.2, 0.25) is 0 Å². The van der Waals surface area contributed by atoms with Gasteiger partial charge in [-0.3, -0.25) is 24.0 Å². The van der Waals surface area contributed by atoms with Gasteiger partial charge in [-0.2, -0.15) is 11.8 Å². The molecule has 3 aromatic rings. The van der Waals surface area contributed by atoms with Crippen LogP contribution in [0.4, 0.5) is 8.78 Å². The Kier molecular flexibility index (Phi) is 25.5. The van der Waals surface area contributed by atoms with Gasteiger partial charge in [0.2, 0.25) is 11.8 Å². The van der Waals surface area contributed by atoms with E-state index in [0.29, 0.717) is 37.4 Å². The minimum Gasteiger partial charge on any atom is -0.481 e. The van der Waals surface area contributed by atoms with Crippen LogP contribution in [-0.2, 0) is 40.0 Å². The number of nitrogens with two attached hydrogens (primary N) is 2. The van der Waals surface area contributed by atoms with E-state index in [1.807, 2.05) is 65.9 Å². The van der Waals surface area contributed by atoms with E-state index < -0.39 is 45.5 Å². The normalized spacial score (nSPS) is 11.9. The number of aromatic nitrogens is 1. The molecular formula is C49H76F2N4O8S. The average Bonchev–Trinajstić information content (AvgIpc) is 3.56. The topological polar surface area (TPSA) is 184 Å². The Morgan fingerprint density at radius 1 is 0.797 bits per heavy atom. The van der Waals surface area contributed by atoms with Crippen molar-refractivity contribution >= 4 is 41.5 Å². The van der Waals surface area contributed by atoms with Gasteiger partial charge >= 0.3 is 17.9 Å². The Hall–Kier alpha value is -4.76. The molecule has 2 aromatic carbocycles. The van der Waals surface area contributed by atoms with Crippen LogP contribution in [0.15, 0.2) is 60.8 Å². The smallest absolute Gasteiger partial charge is 0.308 e. The molecule has 2 amide bonds. The number of esters is 2. The molecule has 0 fully saturated rings. The molecule has 64 heavy (non-hydrogen) atoms. The van der Waals surface area contributed by atoms with Gasteiger partial charge in [0.15, 0.2) is 0 Å². The highest BCUT2D eigenvalue weighted by Gasteiger charge is 2.37. The van der Waals surface area contributed by atoms with Gasteiger partial charge in [0, 0.05) is 48.3 Å². The average molecular weight is 919 g/mol. The van der Waals surface area contributed by atoms with Gasteiger partial charge in [0.1, 0.15) is 22.8 Å². The van der Waals surface area contributed by atoms with Crippen LogP contribution >= 0.6 is 11.8 Å². The van der Waals surface area contributed by atoms with Crippen LogP contribution in [0.25, 0.3) is 11.1 Å². The van der Waals surface area contributed by atoms with Gasteiger partial charge in [-0.15, -0.1) is 0 Å². The van der Waals surface area contributed by atoms with Crippen molar-refractivity contribution < 1.29 is 47.3 Å². The maximum Gasteiger partial charge on any atom is 0.308 e. The molecule has 0 aliphatic rings. The summed E-state index contributed by atoms with van der Waals surface area (Å²) < 4.78 is 41.2. The van der Waals surface area contributed by atoms with Crippen molar-refractivity contribution in [2.75, 3.05) is 24.6 Å². The molecule has 1 atom stereocenters. The number of aliphatic carboxylic acids is 1. The second kappa shape index (κ2) is 27.5. The van der Waals surface area contributed by atoms with E-state index in [4.69, 9.17) is 26.0 Å². The number of nitrogens with zero attached hydrogens (tertiary/aromatic N) is 2. The van der Waals surface area contributed by atoms with Crippen LogP contribution in [0, 0.1) is 22.5 Å². The number of carbonyl (C=O) groups is 5. The van der Waals surface area contributed by atoms with E-state index in [2.05, 4.69) is 20.8 Å². The van der Waals surface area contributed by atoms with E-state index in [1.54, 1.807) is 62.3 Å². The molecule has 0 saturated heterocycles. The second-order valence-corrected chi connectivity index (χ2v) is 20.0. The molecule has 1 aromatic heterocycles. The van der Waals surface area contributed by atoms with Gasteiger partial charge in [-0.25, -0.2) is 8.78 Å². The van der Waals surface area contributed by atoms with Crippen LogP contribution in [0.3, 0.4) is 0 Å². The molecule has 3 rings (SSSR count). The molecule has 1 unspecified atom stereocenters. The lowest BCUT2D eigenvalue weighted by Crippen LogP contribution is -2.44. The summed E-state index contributed by atoms with van der Waals surface area (Å²) in [6, 6.07) is 14.7. The molecule has 15 heteroatoms. The number of ether oxygens (including phenoxy) is 2. The van der Waals surface area contributed by atoms with Gasteiger partial charge < -0.3 is 35.5 Å². The monoisotopic (exact) mass is 919 g/mol. The van der Waals surface area contributed by atoms with Crippen LogP contribution < -0.4 is 11.5 Å². The highest BCUT2D eigenvalue weighted by molar-refractivity contribution is 7.99. The molecule has 0 saturated carbocycles. The molecular weight excluding hydrogens is 843 g/mol. The zero-order valence-electron chi connectivity index (χ0n) is 40.7. The third-order valence-corrected chi connectivity index (χ3v) is 9.38. The quantitative estimate of drug-likeness (QED) is 0.0923. The number of primary amides is 1. The van der Waals surface area contributed by atoms with Crippen LogP contribution in [0.5, 0.6) is 0 Å². The number of thioether (sulfide) groups is 1. The summed E-state index contributed by atoms with van der Waals surface area (Å²) >= 11 is 1.37. The Bertz CT molecular complexity index is 1880. The first-order valence-electron chi connectivity index (χ1n) is 21.7. The lowest BCUT2D eigenvalue weighted by Gasteiger charge is -2.41. The number of carboxylic acid groups (broad SMARTS) is 1. The number of rotatable bonds is 16. The highest BCUT2D eigenvalue weighted by Crippen LogP contribution is 2.41. The minimum atomic E-state index is -0.757. The summed E-state index contributed by atoms with van der Waals surface area (Å²) in [4.78, 5) is 59.2. The predicted molar refractivity (Wildman–Crippen MR) is 253 cm³/mol. The van der Waals surface area contributed by atoms with Crippen molar-refractivity contribution in [1.82, 2.24) is 9.47 Å². The molecule has 1 heterocycles. The maximum atomic E-state index is 14.9. The summed E-state index contributed by atoms with van der Waals surface area (Å²) in [5.41, 5.74) is 11.6. The summed E-state index contributed by atoms with van der Waals surface area (Å²) in [6.07, 6.45) is 2.76. The van der Waals surface area contributed by atoms with Crippen molar-refractivity contribution in [2.45, 2.75) is 146 Å². The van der Waals surface area contributed by atoms with Gasteiger partial charge in [-0.1, -0.05) is 65.0 Å². The molecule has 360 valence electrons. The van der Waals surface area contributed by atoms with Crippen molar-refractivity contribution in [3.8, 4) is 11.1 Å². The fraction of sp³-hybridized carbons (Fsp3) is 0.571. The van der Waals surface area contributed by atoms with E-state index in [0.717, 1.165) is 23.4 Å². The fourth-order valence-corrected chi connectivity index (χ4v) is 6.51. The second-order valence-electron chi connectivity index (χ2n) is 18.9. The first-order chi connectivity index (χ1) is 29.4. The Labute approximate surface area is 385 Å². The number of hydrogen-bond donors (Lipinski definition) is 3. The summed E-state index contributed by atoms with van der Waals surface area (Å²) in [5.74, 6) is -2.39. The molecule has 5 N–H and O–H groups in total. The third-order valence-electron chi connectivity index (χ3n) is 8.43. The summed E-state index contributed by atoms with van der Waals surface area (Å²) in [5, 5.41) is 8.25. The van der Waals surface area contributed by atoms with E-state index in [1.165, 1.54) is 17.8 Å². The van der Waals surface area contributed by atoms with Crippen LogP contribution in [-0.4, -0.2) is 80.1 Å². The first-order valence-corrected chi connectivity index (χ1v) is 22.8. The third kappa shape index (κ3) is 24.3. The van der Waals surface area contributed by atoms with Crippen LogP contribution in [0.1, 0.15) is 140 Å². The Morgan fingerprint density at radius 3 is 1.75 bits per heavy atom. The predicted octanol–water partition coefficient (Wildman–Crippen LogP) is 9.95. The lowest BCUT2D eigenvalue weighted by atomic mass is 9.83. The lowest BCUT2D eigenvalue weighted by molar-refractivity contribution is -0.162. The zero-order chi connectivity index (χ0) is 49.6. The Morgan fingerprint density at radius 2 is 1.31 bits per heavy atom. The molecule has 0 aliphatic heterocycles. The SMILES string of the molecule is CC.CC(C)(C)C(=O)O.CC(C)(C)C(c1cc(-c2cc(F)ccc2F)cn1Cc1ccccc1)N(CCCN)C(=O)CSCCC(N)=O.CC(C)(C)OC(=O)CCC(=O)OC(C)(C)C. The molecule has 0 aliphatic carbocycles. The number of amides is 2. The molecule has 0 spiro atoms. The van der Waals surface area contributed by atoms with Crippen molar-refractivity contribution in [2.24, 2.45) is 22.3 Å². The number of hydrogen-bond acceptors (Lipinski definition) is 9. The number of halogens is 2. The Balaban J connectivity index is 0.00000131. The summed E-state index contributed by atoms with van der Waals surface area (Å²) in [6.45, 7) is 27.2. The maximum absolute atomic E-state index is 14.9. The van der Waals surface area contributed by atoms with Crippen molar-refractivity contribution in [1.29, 1.82) is 0 Å². The highest BCUT2D eigenvalue weighted by atomic mass is 32.2. The molecule has 12 nitrogen and oxygen atoms in total. The van der Waals surface area contributed by atoms with Crippen molar-refractivity contribution in [3.05, 3.63) is 83.7 Å². The fourth-order valence-electron chi connectivity index (χ4n) is 5.68. The first kappa shape index (κ1) is 59.2. The number of benzene rings is 2. The number of carbonyl (C=O) groups excluding carboxylic acids is 4. The summed E-state index contributed by atoms with van der Waals surface area (Å²) in [7, 11) is 0. The van der Waals surface area contributed by atoms with E-state index in [-0.39, 0.29) is 54.5 Å². The standard InChI is InChI=1S/C30H38F2N4O2S.C12H22O4.C5H10O2.C2H6/c1-30(2,3)29(36(14-7-13-33)28(38)20-39-15-12-27(34)37)26-16-22(24-17-23(31)10-11-25(24)32)19-35(26)18-21-8-5-4-6-9-21;1-11(2,3)15-9(13)7-8-10(14)16-12(4,5)6;1-5(2,3)4(6)7;1-2/h4-6,8-11,16-17,19,29H,7,12-15,18,20,33H2,1-3H3,(H2,34,37);7-8H2,1-6H3;1-3H3,(H,6,7);1-2H3. The number of carboxylic acids is 1. The van der Waals surface area contributed by atoms with E-state index in [9.17, 15) is 32.8 Å². The van der Waals surface area contributed by atoms with Gasteiger partial charge in [0.25, 0.3) is 0 Å².